The van der Waals surface area contributed by atoms with Gasteiger partial charge in [-0.15, -0.1) is 0 Å². The maximum atomic E-state index is 12.1. The van der Waals surface area contributed by atoms with Gasteiger partial charge in [-0.25, -0.2) is 4.79 Å². The van der Waals surface area contributed by atoms with Crippen LogP contribution in [-0.4, -0.2) is 72.9 Å². The lowest BCUT2D eigenvalue weighted by atomic mass is 9.71. The summed E-state index contributed by atoms with van der Waals surface area (Å²) in [7, 11) is 1.66. The van der Waals surface area contributed by atoms with Gasteiger partial charge >= 0.3 is 12.1 Å². The number of hydrogen-bond acceptors (Lipinski definition) is 4. The third-order valence-electron chi connectivity index (χ3n) is 6.38. The molecule has 0 saturated carbocycles. The normalized spacial score (nSPS) is 18.7. The van der Waals surface area contributed by atoms with Crippen molar-refractivity contribution in [3.63, 3.8) is 0 Å². The SMILES string of the molecule is COCCC(=O)N1CCC2(CCN(Cc3ccc(C)cc3)CC2)CC1.O=C(O)C(F)(F)F. The van der Waals surface area contributed by atoms with E-state index in [1.807, 2.05) is 4.90 Å². The molecule has 0 atom stereocenters. The molecule has 0 bridgehead atoms. The number of halogens is 3. The van der Waals surface area contributed by atoms with Crippen LogP contribution in [0, 0.1) is 12.3 Å². The summed E-state index contributed by atoms with van der Waals surface area (Å²) in [5.74, 6) is -2.50. The third-order valence-corrected chi connectivity index (χ3v) is 6.38. The summed E-state index contributed by atoms with van der Waals surface area (Å²) in [6, 6.07) is 8.92. The van der Waals surface area contributed by atoms with Gasteiger partial charge in [-0.3, -0.25) is 9.69 Å². The van der Waals surface area contributed by atoms with Crippen LogP contribution in [0.1, 0.15) is 43.2 Å². The lowest BCUT2D eigenvalue weighted by Gasteiger charge is -2.47. The lowest BCUT2D eigenvalue weighted by Crippen LogP contribution is -2.48. The van der Waals surface area contributed by atoms with Crippen molar-refractivity contribution in [2.24, 2.45) is 5.41 Å². The number of piperidine rings is 2. The van der Waals surface area contributed by atoms with Gasteiger partial charge in [0.2, 0.25) is 5.91 Å². The highest BCUT2D eigenvalue weighted by atomic mass is 19.4. The number of ether oxygens (including phenoxy) is 1. The summed E-state index contributed by atoms with van der Waals surface area (Å²) in [4.78, 5) is 25.7. The van der Waals surface area contributed by atoms with Crippen LogP contribution >= 0.6 is 0 Å². The molecule has 0 aliphatic carbocycles. The summed E-state index contributed by atoms with van der Waals surface area (Å²) in [5, 5.41) is 7.12. The topological polar surface area (TPSA) is 70.1 Å². The number of alkyl halides is 3. The van der Waals surface area contributed by atoms with Gasteiger partial charge in [0.25, 0.3) is 0 Å². The second-order valence-electron chi connectivity index (χ2n) is 8.69. The van der Waals surface area contributed by atoms with Gasteiger partial charge < -0.3 is 14.7 Å². The number of hydrogen-bond donors (Lipinski definition) is 1. The Labute approximate surface area is 187 Å². The number of carbonyl (C=O) groups excluding carboxylic acids is 1. The maximum absolute atomic E-state index is 12.1. The number of carbonyl (C=O) groups is 2. The van der Waals surface area contributed by atoms with Crippen LogP contribution < -0.4 is 0 Å². The molecule has 32 heavy (non-hydrogen) atoms. The molecule has 180 valence electrons. The summed E-state index contributed by atoms with van der Waals surface area (Å²) in [6.07, 6.45) is 0.333. The van der Waals surface area contributed by atoms with Gasteiger partial charge in [-0.1, -0.05) is 29.8 Å². The molecule has 1 N–H and O–H groups in total. The van der Waals surface area contributed by atoms with Crippen molar-refractivity contribution in [1.29, 1.82) is 0 Å². The van der Waals surface area contributed by atoms with E-state index in [0.717, 1.165) is 19.6 Å². The minimum absolute atomic E-state index is 0.258. The van der Waals surface area contributed by atoms with E-state index < -0.39 is 12.1 Å². The number of likely N-dealkylation sites (tertiary alicyclic amines) is 2. The first-order chi connectivity index (χ1) is 15.0. The zero-order valence-electron chi connectivity index (χ0n) is 18.8. The largest absolute Gasteiger partial charge is 0.490 e. The molecule has 9 heteroatoms. The van der Waals surface area contributed by atoms with Crippen molar-refractivity contribution in [3.8, 4) is 0 Å². The molecular weight excluding hydrogens is 425 g/mol. The fourth-order valence-corrected chi connectivity index (χ4v) is 4.22. The Hall–Kier alpha value is -2.13. The molecule has 1 aromatic rings. The molecule has 1 amide bonds. The molecule has 2 fully saturated rings. The van der Waals surface area contributed by atoms with Crippen LogP contribution in [0.25, 0.3) is 0 Å². The van der Waals surface area contributed by atoms with Crippen LogP contribution in [0.5, 0.6) is 0 Å². The zero-order chi connectivity index (χ0) is 23.8. The van der Waals surface area contributed by atoms with E-state index >= 15 is 0 Å². The molecule has 1 aromatic carbocycles. The number of amides is 1. The molecule has 2 aliphatic rings. The molecule has 3 rings (SSSR count). The van der Waals surface area contributed by atoms with E-state index in [1.165, 1.54) is 49.9 Å². The van der Waals surface area contributed by atoms with Gasteiger partial charge in [-0.05, 0) is 56.7 Å². The van der Waals surface area contributed by atoms with Crippen LogP contribution in [0.4, 0.5) is 13.2 Å². The van der Waals surface area contributed by atoms with Gasteiger partial charge in [0.1, 0.15) is 0 Å². The van der Waals surface area contributed by atoms with E-state index in [4.69, 9.17) is 14.6 Å². The summed E-state index contributed by atoms with van der Waals surface area (Å²) >= 11 is 0. The van der Waals surface area contributed by atoms with Crippen molar-refractivity contribution in [3.05, 3.63) is 35.4 Å². The first kappa shape index (κ1) is 26.1. The average molecular weight is 459 g/mol. The van der Waals surface area contributed by atoms with Crippen LogP contribution in [-0.2, 0) is 20.9 Å². The maximum Gasteiger partial charge on any atom is 0.490 e. The van der Waals surface area contributed by atoms with Crippen molar-refractivity contribution >= 4 is 11.9 Å². The summed E-state index contributed by atoms with van der Waals surface area (Å²) in [5.41, 5.74) is 3.22. The van der Waals surface area contributed by atoms with Gasteiger partial charge in [0.05, 0.1) is 13.0 Å². The fraction of sp³-hybridized carbons (Fsp3) is 0.652. The lowest BCUT2D eigenvalue weighted by molar-refractivity contribution is -0.192. The van der Waals surface area contributed by atoms with E-state index in [1.54, 1.807) is 7.11 Å². The van der Waals surface area contributed by atoms with Crippen molar-refractivity contribution in [1.82, 2.24) is 9.80 Å². The predicted molar refractivity (Wildman–Crippen MR) is 114 cm³/mol. The van der Waals surface area contributed by atoms with Crippen LogP contribution in [0.3, 0.4) is 0 Å². The summed E-state index contributed by atoms with van der Waals surface area (Å²) in [6.45, 7) is 7.98. The van der Waals surface area contributed by atoms with E-state index in [0.29, 0.717) is 18.4 Å². The standard InChI is InChI=1S/C21H32N2O2.C2HF3O2/c1-18-3-5-19(6-4-18)17-22-12-8-21(9-13-22)10-14-23(15-11-21)20(24)7-16-25-2;3-2(4,5)1(6)7/h3-6H,7-17H2,1-2H3;(H,6,7). The number of nitrogens with zero attached hydrogens (tertiary/aromatic N) is 2. The Kier molecular flexibility index (Phi) is 9.51. The van der Waals surface area contributed by atoms with Crippen LogP contribution in [0.15, 0.2) is 24.3 Å². The van der Waals surface area contributed by atoms with Crippen molar-refractivity contribution in [2.75, 3.05) is 39.9 Å². The monoisotopic (exact) mass is 458 g/mol. The van der Waals surface area contributed by atoms with Gasteiger partial charge in [-0.2, -0.15) is 13.2 Å². The molecular formula is C23H33F3N2O4. The highest BCUT2D eigenvalue weighted by Crippen LogP contribution is 2.41. The quantitative estimate of drug-likeness (QED) is 0.726. The number of carboxylic acid groups (broad SMARTS) is 1. The number of rotatable bonds is 5. The third kappa shape index (κ3) is 8.09. The van der Waals surface area contributed by atoms with E-state index in [9.17, 15) is 18.0 Å². The second-order valence-corrected chi connectivity index (χ2v) is 8.69. The van der Waals surface area contributed by atoms with E-state index in [2.05, 4.69) is 36.1 Å². The Balaban J connectivity index is 0.000000451. The number of methoxy groups -OCH3 is 1. The van der Waals surface area contributed by atoms with E-state index in [-0.39, 0.29) is 5.91 Å². The first-order valence-electron chi connectivity index (χ1n) is 10.9. The number of aryl methyl sites for hydroxylation is 1. The Morgan fingerprint density at radius 1 is 1.03 bits per heavy atom. The van der Waals surface area contributed by atoms with Crippen molar-refractivity contribution in [2.45, 2.75) is 51.7 Å². The number of aliphatic carboxylic acids is 1. The molecule has 0 aromatic heterocycles. The smallest absolute Gasteiger partial charge is 0.475 e. The average Bonchev–Trinajstić information content (AvgIpc) is 2.76. The van der Waals surface area contributed by atoms with Crippen molar-refractivity contribution < 1.29 is 32.6 Å². The molecule has 2 aliphatic heterocycles. The molecule has 0 radical (unpaired) electrons. The second kappa shape index (κ2) is 11.7. The fourth-order valence-electron chi connectivity index (χ4n) is 4.22. The number of benzene rings is 1. The molecule has 6 nitrogen and oxygen atoms in total. The Morgan fingerprint density at radius 2 is 1.53 bits per heavy atom. The molecule has 0 unspecified atom stereocenters. The minimum atomic E-state index is -5.08. The molecule has 2 saturated heterocycles. The minimum Gasteiger partial charge on any atom is -0.475 e. The van der Waals surface area contributed by atoms with Crippen LogP contribution in [0.2, 0.25) is 0 Å². The zero-order valence-corrected chi connectivity index (χ0v) is 18.8. The number of carboxylic acids is 1. The first-order valence-corrected chi connectivity index (χ1v) is 10.9. The predicted octanol–water partition coefficient (Wildman–Crippen LogP) is 3.87. The Bertz CT molecular complexity index is 735. The molecule has 1 spiro atoms. The Morgan fingerprint density at radius 3 is 2.00 bits per heavy atom. The highest BCUT2D eigenvalue weighted by Gasteiger charge is 2.39. The van der Waals surface area contributed by atoms with Gasteiger partial charge in [0, 0.05) is 26.7 Å². The summed E-state index contributed by atoms with van der Waals surface area (Å²) < 4.78 is 36.8. The molecule has 2 heterocycles. The van der Waals surface area contributed by atoms with Gasteiger partial charge in [0.15, 0.2) is 0 Å². The highest BCUT2D eigenvalue weighted by molar-refractivity contribution is 5.76.